The van der Waals surface area contributed by atoms with Crippen LogP contribution in [0.25, 0.3) is 0 Å². The molecule has 0 spiro atoms. The highest BCUT2D eigenvalue weighted by Gasteiger charge is 2.21. The summed E-state index contributed by atoms with van der Waals surface area (Å²) < 4.78 is 4.97. The van der Waals surface area contributed by atoms with E-state index in [1.165, 1.54) is 0 Å². The van der Waals surface area contributed by atoms with Crippen LogP contribution in [-0.4, -0.2) is 53.4 Å². The number of carbonyl (C=O) groups excluding carboxylic acids is 2. The van der Waals surface area contributed by atoms with E-state index in [1.807, 2.05) is 43.3 Å². The van der Waals surface area contributed by atoms with Gasteiger partial charge in [0.1, 0.15) is 6.23 Å². The molecule has 2 amide bonds. The average molecular weight is 384 g/mol. The van der Waals surface area contributed by atoms with Crippen LogP contribution in [0.1, 0.15) is 29.3 Å². The molecule has 8 heteroatoms. The molecule has 0 radical (unpaired) electrons. The topological polar surface area (TPSA) is 99.1 Å². The maximum atomic E-state index is 12.5. The van der Waals surface area contributed by atoms with Crippen molar-refractivity contribution in [3.8, 4) is 0 Å². The van der Waals surface area contributed by atoms with Gasteiger partial charge in [0.15, 0.2) is 0 Å². The molecule has 0 heterocycles. The third-order valence-corrected chi connectivity index (χ3v) is 4.17. The Bertz CT molecular complexity index is 743. The van der Waals surface area contributed by atoms with Gasteiger partial charge < -0.3 is 24.9 Å². The lowest BCUT2D eigenvalue weighted by molar-refractivity contribution is -0.124. The maximum absolute atomic E-state index is 12.5. The minimum atomic E-state index is -2.00. The quantitative estimate of drug-likeness (QED) is 0.423. The molecular weight excluding hydrogens is 359 g/mol. The van der Waals surface area contributed by atoms with Crippen molar-refractivity contribution in [1.82, 2.24) is 10.2 Å². The van der Waals surface area contributed by atoms with Gasteiger partial charge in [-0.1, -0.05) is 48.5 Å². The highest BCUT2D eigenvalue weighted by atomic mass is 16.6. The standard InChI is InChI=1S/C20H25BN2O5/c1-2-23(20(25)17-11-7-4-8-12-17)14-13-18(24)22-19(28-21(26)27)15-16-9-5-3-6-10-16/h3-12,19,26-27H,2,13-15H2,1H3,(H,22,24)/t19-/m1/s1. The molecule has 1 atom stereocenters. The minimum absolute atomic E-state index is 0.0720. The van der Waals surface area contributed by atoms with Gasteiger partial charge in [0, 0.05) is 31.5 Å². The Kier molecular flexibility index (Phi) is 8.67. The zero-order valence-electron chi connectivity index (χ0n) is 15.8. The molecule has 0 aliphatic heterocycles. The maximum Gasteiger partial charge on any atom is 0.635 e. The number of hydrogen-bond acceptors (Lipinski definition) is 5. The molecule has 0 saturated heterocycles. The highest BCUT2D eigenvalue weighted by Crippen LogP contribution is 2.07. The van der Waals surface area contributed by atoms with E-state index in [2.05, 4.69) is 5.32 Å². The van der Waals surface area contributed by atoms with Crippen molar-refractivity contribution in [1.29, 1.82) is 0 Å². The Labute approximate surface area is 165 Å². The fourth-order valence-electron chi connectivity index (χ4n) is 2.76. The van der Waals surface area contributed by atoms with Crippen LogP contribution in [0.5, 0.6) is 0 Å². The second-order valence-corrected chi connectivity index (χ2v) is 6.21. The number of nitrogens with zero attached hydrogens (tertiary/aromatic N) is 1. The molecule has 0 aliphatic rings. The number of hydrogen-bond donors (Lipinski definition) is 3. The van der Waals surface area contributed by atoms with Gasteiger partial charge in [-0.2, -0.15) is 0 Å². The predicted octanol–water partition coefficient (Wildman–Crippen LogP) is 1.21. The number of carbonyl (C=O) groups is 2. The van der Waals surface area contributed by atoms with E-state index in [4.69, 9.17) is 14.7 Å². The summed E-state index contributed by atoms with van der Waals surface area (Å²) >= 11 is 0. The largest absolute Gasteiger partial charge is 0.635 e. The Morgan fingerprint density at radius 1 is 1.07 bits per heavy atom. The molecule has 0 aromatic heterocycles. The molecular formula is C20H25BN2O5. The van der Waals surface area contributed by atoms with Crippen LogP contribution in [0.15, 0.2) is 60.7 Å². The molecule has 0 fully saturated rings. The first-order valence-corrected chi connectivity index (χ1v) is 9.18. The normalized spacial score (nSPS) is 11.5. The number of rotatable bonds is 10. The third kappa shape index (κ3) is 7.15. The number of benzene rings is 2. The van der Waals surface area contributed by atoms with E-state index in [9.17, 15) is 9.59 Å². The molecule has 3 N–H and O–H groups in total. The van der Waals surface area contributed by atoms with E-state index >= 15 is 0 Å². The predicted molar refractivity (Wildman–Crippen MR) is 106 cm³/mol. The van der Waals surface area contributed by atoms with Crippen LogP contribution >= 0.6 is 0 Å². The summed E-state index contributed by atoms with van der Waals surface area (Å²) in [7, 11) is -2.00. The Morgan fingerprint density at radius 3 is 2.25 bits per heavy atom. The molecule has 0 aliphatic carbocycles. The van der Waals surface area contributed by atoms with Crippen LogP contribution in [-0.2, 0) is 15.9 Å². The highest BCUT2D eigenvalue weighted by molar-refractivity contribution is 6.32. The molecule has 28 heavy (non-hydrogen) atoms. The van der Waals surface area contributed by atoms with Crippen molar-refractivity contribution >= 4 is 19.1 Å². The van der Waals surface area contributed by atoms with Gasteiger partial charge in [-0.15, -0.1) is 0 Å². The van der Waals surface area contributed by atoms with Gasteiger partial charge in [0.2, 0.25) is 5.91 Å². The number of amides is 2. The summed E-state index contributed by atoms with van der Waals surface area (Å²) in [6.07, 6.45) is -0.539. The molecule has 7 nitrogen and oxygen atoms in total. The molecule has 148 valence electrons. The van der Waals surface area contributed by atoms with E-state index in [0.717, 1.165) is 5.56 Å². The monoisotopic (exact) mass is 384 g/mol. The lowest BCUT2D eigenvalue weighted by atomic mass is 10.1. The van der Waals surface area contributed by atoms with Crippen molar-refractivity contribution in [3.05, 3.63) is 71.8 Å². The summed E-state index contributed by atoms with van der Waals surface area (Å²) in [5.41, 5.74) is 1.45. The van der Waals surface area contributed by atoms with Crippen LogP contribution in [0, 0.1) is 0 Å². The van der Waals surface area contributed by atoms with Gasteiger partial charge in [0.25, 0.3) is 5.91 Å². The van der Waals surface area contributed by atoms with Crippen molar-refractivity contribution in [3.63, 3.8) is 0 Å². The molecule has 0 saturated carbocycles. The molecule has 2 aromatic rings. The number of nitrogens with one attached hydrogen (secondary N) is 1. The average Bonchev–Trinajstić information content (AvgIpc) is 2.69. The van der Waals surface area contributed by atoms with Crippen molar-refractivity contribution in [2.24, 2.45) is 0 Å². The lowest BCUT2D eigenvalue weighted by Gasteiger charge is -2.23. The van der Waals surface area contributed by atoms with Crippen molar-refractivity contribution in [2.45, 2.75) is 26.0 Å². The second-order valence-electron chi connectivity index (χ2n) is 6.21. The smallest absolute Gasteiger partial charge is 0.402 e. The Balaban J connectivity index is 1.91. The zero-order valence-corrected chi connectivity index (χ0v) is 15.8. The third-order valence-electron chi connectivity index (χ3n) is 4.17. The van der Waals surface area contributed by atoms with Crippen LogP contribution in [0.3, 0.4) is 0 Å². The van der Waals surface area contributed by atoms with Crippen LogP contribution in [0.4, 0.5) is 0 Å². The molecule has 0 bridgehead atoms. The zero-order chi connectivity index (χ0) is 20.4. The van der Waals surface area contributed by atoms with Gasteiger partial charge in [0.05, 0.1) is 0 Å². The fraction of sp³-hybridized carbons (Fsp3) is 0.300. The van der Waals surface area contributed by atoms with E-state index < -0.39 is 13.5 Å². The summed E-state index contributed by atoms with van der Waals surface area (Å²) in [6.45, 7) is 2.57. The fourth-order valence-corrected chi connectivity index (χ4v) is 2.76. The SMILES string of the molecule is CCN(CCC(=O)N[C@@H](Cc1ccccc1)OB(O)O)C(=O)c1ccccc1. The van der Waals surface area contributed by atoms with Gasteiger partial charge >= 0.3 is 7.32 Å². The first kappa shape index (κ1) is 21.6. The van der Waals surface area contributed by atoms with E-state index in [0.29, 0.717) is 12.1 Å². The second kappa shape index (κ2) is 11.2. The minimum Gasteiger partial charge on any atom is -0.402 e. The molecule has 0 unspecified atom stereocenters. The van der Waals surface area contributed by atoms with Gasteiger partial charge in [-0.05, 0) is 24.6 Å². The van der Waals surface area contributed by atoms with Gasteiger partial charge in [-0.25, -0.2) is 0 Å². The van der Waals surface area contributed by atoms with E-state index in [1.54, 1.807) is 29.2 Å². The summed E-state index contributed by atoms with van der Waals surface area (Å²) in [4.78, 5) is 26.4. The summed E-state index contributed by atoms with van der Waals surface area (Å²) in [5.74, 6) is -0.486. The summed E-state index contributed by atoms with van der Waals surface area (Å²) in [6, 6.07) is 18.1. The van der Waals surface area contributed by atoms with Crippen LogP contribution < -0.4 is 5.32 Å². The van der Waals surface area contributed by atoms with Gasteiger partial charge in [-0.3, -0.25) is 9.59 Å². The molecule has 2 rings (SSSR count). The Hall–Kier alpha value is -2.68. The van der Waals surface area contributed by atoms with Crippen LogP contribution in [0.2, 0.25) is 0 Å². The van der Waals surface area contributed by atoms with Crippen molar-refractivity contribution < 1.29 is 24.3 Å². The molecule has 2 aromatic carbocycles. The Morgan fingerprint density at radius 2 is 1.68 bits per heavy atom. The first-order valence-electron chi connectivity index (χ1n) is 9.18. The lowest BCUT2D eigenvalue weighted by Crippen LogP contribution is -2.43. The summed E-state index contributed by atoms with van der Waals surface area (Å²) in [5, 5.41) is 20.8. The van der Waals surface area contributed by atoms with Crippen molar-refractivity contribution in [2.75, 3.05) is 13.1 Å². The first-order chi connectivity index (χ1) is 13.5. The van der Waals surface area contributed by atoms with E-state index in [-0.39, 0.29) is 31.2 Å².